The van der Waals surface area contributed by atoms with Crippen LogP contribution in [0, 0.1) is 6.92 Å². The summed E-state index contributed by atoms with van der Waals surface area (Å²) in [6.45, 7) is 2.03. The predicted octanol–water partition coefficient (Wildman–Crippen LogP) is 3.68. The lowest BCUT2D eigenvalue weighted by molar-refractivity contribution is -0.143. The molecule has 0 spiro atoms. The zero-order valence-corrected chi connectivity index (χ0v) is 14.6. The Kier molecular flexibility index (Phi) is 4.78. The van der Waals surface area contributed by atoms with Gasteiger partial charge in [-0.25, -0.2) is 4.98 Å². The van der Waals surface area contributed by atoms with Crippen LogP contribution in [-0.4, -0.2) is 29.9 Å². The van der Waals surface area contributed by atoms with Crippen LogP contribution in [0.4, 0.5) is 0 Å². The van der Waals surface area contributed by atoms with E-state index in [-0.39, 0.29) is 11.9 Å². The van der Waals surface area contributed by atoms with Crippen LogP contribution in [0.5, 0.6) is 0 Å². The third-order valence-corrected chi connectivity index (χ3v) is 5.52. The van der Waals surface area contributed by atoms with Gasteiger partial charge in [-0.3, -0.25) is 4.79 Å². The number of fused-ring (bicyclic) bond motifs is 1. The molecule has 2 atom stereocenters. The van der Waals surface area contributed by atoms with Crippen LogP contribution < -0.4 is 0 Å². The number of hydrogen-bond donors (Lipinski definition) is 0. The Morgan fingerprint density at radius 3 is 2.83 bits per heavy atom. The predicted molar refractivity (Wildman–Crippen MR) is 91.5 cm³/mol. The van der Waals surface area contributed by atoms with E-state index < -0.39 is 6.10 Å². The molecule has 4 nitrogen and oxygen atoms in total. The van der Waals surface area contributed by atoms with Gasteiger partial charge in [-0.1, -0.05) is 30.3 Å². The molecule has 23 heavy (non-hydrogen) atoms. The van der Waals surface area contributed by atoms with Crippen molar-refractivity contribution in [3.8, 4) is 0 Å². The molecule has 0 saturated heterocycles. The van der Waals surface area contributed by atoms with Gasteiger partial charge in [0.05, 0.1) is 21.6 Å². The molecule has 1 aromatic heterocycles. The minimum atomic E-state index is -0.555. The van der Waals surface area contributed by atoms with Crippen molar-refractivity contribution in [2.75, 3.05) is 14.2 Å². The highest BCUT2D eigenvalue weighted by Crippen LogP contribution is 2.38. The summed E-state index contributed by atoms with van der Waals surface area (Å²) in [6.07, 6.45) is 2.52. The van der Waals surface area contributed by atoms with E-state index in [1.807, 2.05) is 49.2 Å². The number of ether oxygens (including phenoxy) is 1. The summed E-state index contributed by atoms with van der Waals surface area (Å²) < 4.78 is 5.50. The molecule has 0 aliphatic heterocycles. The van der Waals surface area contributed by atoms with E-state index in [2.05, 4.69) is 4.98 Å². The molecule has 0 saturated carbocycles. The lowest BCUT2D eigenvalue weighted by Crippen LogP contribution is -2.36. The van der Waals surface area contributed by atoms with E-state index in [4.69, 9.17) is 4.74 Å². The van der Waals surface area contributed by atoms with Gasteiger partial charge in [-0.2, -0.15) is 0 Å². The van der Waals surface area contributed by atoms with Gasteiger partial charge < -0.3 is 9.64 Å². The summed E-state index contributed by atoms with van der Waals surface area (Å²) in [5.41, 5.74) is 2.06. The number of aryl methyl sites for hydroxylation is 2. The molecule has 5 heteroatoms. The molecule has 2 aromatic rings. The second-order valence-electron chi connectivity index (χ2n) is 5.93. The summed E-state index contributed by atoms with van der Waals surface area (Å²) in [5, 5.41) is 1.08. The number of aromatic nitrogens is 1. The monoisotopic (exact) mass is 330 g/mol. The molecule has 122 valence electrons. The maximum absolute atomic E-state index is 13.0. The van der Waals surface area contributed by atoms with Crippen LogP contribution in [0.3, 0.4) is 0 Å². The van der Waals surface area contributed by atoms with Crippen molar-refractivity contribution in [3.63, 3.8) is 0 Å². The van der Waals surface area contributed by atoms with Gasteiger partial charge in [0.15, 0.2) is 6.10 Å². The molecule has 0 N–H and O–H groups in total. The Morgan fingerprint density at radius 2 is 2.13 bits per heavy atom. The molecule has 1 aromatic carbocycles. The molecule has 0 bridgehead atoms. The maximum atomic E-state index is 13.0. The Labute approximate surface area is 141 Å². The van der Waals surface area contributed by atoms with Crippen molar-refractivity contribution in [1.29, 1.82) is 0 Å². The van der Waals surface area contributed by atoms with Crippen molar-refractivity contribution < 1.29 is 9.53 Å². The summed E-state index contributed by atoms with van der Waals surface area (Å²) >= 11 is 1.71. The normalized spacial score (nSPS) is 18.3. The zero-order valence-electron chi connectivity index (χ0n) is 13.8. The molecule has 1 heterocycles. The first kappa shape index (κ1) is 16.1. The van der Waals surface area contributed by atoms with E-state index in [1.165, 1.54) is 4.88 Å². The second-order valence-corrected chi connectivity index (χ2v) is 7.16. The molecular formula is C18H22N2O2S. The van der Waals surface area contributed by atoms with Crippen LogP contribution in [0.2, 0.25) is 0 Å². The average Bonchev–Trinajstić information content (AvgIpc) is 2.95. The SMILES string of the molecule is CO[C@@H](C(=O)N(C)[C@@H]1CCCc2nc(C)sc21)c1ccccc1. The van der Waals surface area contributed by atoms with Gasteiger partial charge in [-0.15, -0.1) is 11.3 Å². The fourth-order valence-electron chi connectivity index (χ4n) is 3.23. The number of carbonyl (C=O) groups excluding carboxylic acids is 1. The van der Waals surface area contributed by atoms with Crippen molar-refractivity contribution >= 4 is 17.2 Å². The standard InChI is InChI=1S/C18H22N2O2S/c1-12-19-14-10-7-11-15(17(14)23-12)20(2)18(21)16(22-3)13-8-5-4-6-9-13/h4-6,8-9,15-16H,7,10-11H2,1-3H3/t15-,16-/m1/s1. The maximum Gasteiger partial charge on any atom is 0.256 e. The van der Waals surface area contributed by atoms with E-state index in [0.717, 1.165) is 35.5 Å². The first-order valence-electron chi connectivity index (χ1n) is 7.92. The van der Waals surface area contributed by atoms with Crippen molar-refractivity contribution in [3.05, 3.63) is 51.5 Å². The van der Waals surface area contributed by atoms with Gasteiger partial charge in [0.1, 0.15) is 0 Å². The molecule has 0 unspecified atom stereocenters. The summed E-state index contributed by atoms with van der Waals surface area (Å²) in [5.74, 6) is 0.00241. The fraction of sp³-hybridized carbons (Fsp3) is 0.444. The van der Waals surface area contributed by atoms with Crippen LogP contribution >= 0.6 is 11.3 Å². The number of benzene rings is 1. The number of amides is 1. The number of likely N-dealkylation sites (N-methyl/N-ethyl adjacent to an activating group) is 1. The lowest BCUT2D eigenvalue weighted by atomic mass is 9.96. The lowest BCUT2D eigenvalue weighted by Gasteiger charge is -2.33. The fourth-order valence-corrected chi connectivity index (χ4v) is 4.39. The molecule has 1 amide bonds. The van der Waals surface area contributed by atoms with Crippen LogP contribution in [-0.2, 0) is 16.0 Å². The summed E-state index contributed by atoms with van der Waals surface area (Å²) in [6, 6.07) is 9.78. The first-order valence-corrected chi connectivity index (χ1v) is 8.74. The van der Waals surface area contributed by atoms with E-state index >= 15 is 0 Å². The Balaban J connectivity index is 1.85. The number of methoxy groups -OCH3 is 1. The van der Waals surface area contributed by atoms with Crippen molar-refractivity contribution in [1.82, 2.24) is 9.88 Å². The van der Waals surface area contributed by atoms with Crippen LogP contribution in [0.15, 0.2) is 30.3 Å². The minimum Gasteiger partial charge on any atom is -0.367 e. The highest BCUT2D eigenvalue weighted by molar-refractivity contribution is 7.11. The first-order chi connectivity index (χ1) is 11.1. The topological polar surface area (TPSA) is 42.4 Å². The number of carbonyl (C=O) groups is 1. The molecule has 0 radical (unpaired) electrons. The van der Waals surface area contributed by atoms with Crippen molar-refractivity contribution in [2.24, 2.45) is 0 Å². The summed E-state index contributed by atoms with van der Waals surface area (Å²) in [4.78, 5) is 20.7. The number of hydrogen-bond acceptors (Lipinski definition) is 4. The molecular weight excluding hydrogens is 308 g/mol. The minimum absolute atomic E-state index is 0.00241. The van der Waals surface area contributed by atoms with E-state index in [1.54, 1.807) is 18.4 Å². The zero-order chi connectivity index (χ0) is 16.4. The largest absolute Gasteiger partial charge is 0.367 e. The van der Waals surface area contributed by atoms with Gasteiger partial charge in [-0.05, 0) is 31.7 Å². The molecule has 1 aliphatic carbocycles. The number of rotatable bonds is 4. The number of nitrogens with zero attached hydrogens (tertiary/aromatic N) is 2. The average molecular weight is 330 g/mol. The quantitative estimate of drug-likeness (QED) is 0.859. The molecule has 1 aliphatic rings. The van der Waals surface area contributed by atoms with Crippen LogP contribution in [0.25, 0.3) is 0 Å². The Morgan fingerprint density at radius 1 is 1.39 bits per heavy atom. The highest BCUT2D eigenvalue weighted by atomic mass is 32.1. The van der Waals surface area contributed by atoms with E-state index in [9.17, 15) is 4.79 Å². The second kappa shape index (κ2) is 6.81. The smallest absolute Gasteiger partial charge is 0.256 e. The third-order valence-electron chi connectivity index (χ3n) is 4.41. The molecule has 3 rings (SSSR count). The molecule has 0 fully saturated rings. The van der Waals surface area contributed by atoms with Gasteiger partial charge in [0.2, 0.25) is 0 Å². The number of thiazole rings is 1. The van der Waals surface area contributed by atoms with Crippen LogP contribution in [0.1, 0.15) is 46.1 Å². The van der Waals surface area contributed by atoms with Gasteiger partial charge in [0.25, 0.3) is 5.91 Å². The van der Waals surface area contributed by atoms with Gasteiger partial charge >= 0.3 is 0 Å². The summed E-state index contributed by atoms with van der Waals surface area (Å²) in [7, 11) is 3.47. The Bertz CT molecular complexity index is 684. The Hall–Kier alpha value is -1.72. The van der Waals surface area contributed by atoms with Gasteiger partial charge in [0, 0.05) is 14.2 Å². The van der Waals surface area contributed by atoms with E-state index in [0.29, 0.717) is 0 Å². The third kappa shape index (κ3) is 3.16. The van der Waals surface area contributed by atoms with Crippen molar-refractivity contribution in [2.45, 2.75) is 38.3 Å². The highest BCUT2D eigenvalue weighted by Gasteiger charge is 2.33.